The first-order valence-electron chi connectivity index (χ1n) is 7.82. The first kappa shape index (κ1) is 15.3. The van der Waals surface area contributed by atoms with Crippen molar-refractivity contribution in [1.82, 2.24) is 14.1 Å². The Morgan fingerprint density at radius 3 is 2.96 bits per heavy atom. The van der Waals surface area contributed by atoms with Crippen molar-refractivity contribution in [3.8, 4) is 0 Å². The molecule has 0 spiro atoms. The van der Waals surface area contributed by atoms with Crippen molar-refractivity contribution in [2.24, 2.45) is 0 Å². The van der Waals surface area contributed by atoms with E-state index in [2.05, 4.69) is 5.10 Å². The molecule has 23 heavy (non-hydrogen) atoms. The fraction of sp³-hybridized carbons (Fsp3) is 0.533. The molecule has 6 nitrogen and oxygen atoms in total. The van der Waals surface area contributed by atoms with Gasteiger partial charge in [-0.05, 0) is 36.3 Å². The van der Waals surface area contributed by atoms with E-state index in [0.29, 0.717) is 31.2 Å². The smallest absolute Gasteiger partial charge is 0.246 e. The van der Waals surface area contributed by atoms with E-state index in [9.17, 15) is 8.42 Å². The Labute approximate surface area is 139 Å². The van der Waals surface area contributed by atoms with Crippen LogP contribution in [0.4, 0.5) is 0 Å². The first-order valence-corrected chi connectivity index (χ1v) is 10.1. The van der Waals surface area contributed by atoms with E-state index in [0.717, 1.165) is 24.8 Å². The van der Waals surface area contributed by atoms with Gasteiger partial charge in [0.15, 0.2) is 0 Å². The number of fused-ring (bicyclic) bond motifs is 1. The van der Waals surface area contributed by atoms with Crippen molar-refractivity contribution in [2.45, 2.75) is 36.7 Å². The lowest BCUT2D eigenvalue weighted by molar-refractivity contribution is 0.0662. The molecule has 0 radical (unpaired) electrons. The molecule has 124 valence electrons. The van der Waals surface area contributed by atoms with Crippen molar-refractivity contribution >= 4 is 21.4 Å². The van der Waals surface area contributed by atoms with Crippen LogP contribution in [0.2, 0.25) is 0 Å². The van der Waals surface area contributed by atoms with Gasteiger partial charge in [0.2, 0.25) is 10.0 Å². The molecule has 4 rings (SSSR count). The van der Waals surface area contributed by atoms with Gasteiger partial charge in [0.1, 0.15) is 4.90 Å². The van der Waals surface area contributed by atoms with Crippen LogP contribution in [0.15, 0.2) is 28.7 Å². The van der Waals surface area contributed by atoms with Gasteiger partial charge in [-0.1, -0.05) is 0 Å². The highest BCUT2D eigenvalue weighted by molar-refractivity contribution is 7.89. The lowest BCUT2D eigenvalue weighted by atomic mass is 10.1. The summed E-state index contributed by atoms with van der Waals surface area (Å²) >= 11 is 1.71. The molecule has 0 aromatic carbocycles. The van der Waals surface area contributed by atoms with Gasteiger partial charge < -0.3 is 4.74 Å². The van der Waals surface area contributed by atoms with Crippen LogP contribution in [-0.2, 0) is 27.7 Å². The fourth-order valence-electron chi connectivity index (χ4n) is 3.18. The number of aromatic nitrogens is 2. The van der Waals surface area contributed by atoms with Crippen LogP contribution in [0.5, 0.6) is 0 Å². The van der Waals surface area contributed by atoms with Gasteiger partial charge in [0.05, 0.1) is 12.2 Å². The SMILES string of the molecule is O=S(=O)(c1cnn(C2CCOCC2)c1)N1CCc2sccc2C1. The van der Waals surface area contributed by atoms with E-state index in [1.165, 1.54) is 11.1 Å². The van der Waals surface area contributed by atoms with Crippen LogP contribution in [0.3, 0.4) is 0 Å². The summed E-state index contributed by atoms with van der Waals surface area (Å²) in [5.74, 6) is 0. The zero-order valence-electron chi connectivity index (χ0n) is 12.7. The number of hydrogen-bond acceptors (Lipinski definition) is 5. The van der Waals surface area contributed by atoms with Crippen molar-refractivity contribution in [3.05, 3.63) is 34.3 Å². The average molecular weight is 353 g/mol. The molecular weight excluding hydrogens is 334 g/mol. The van der Waals surface area contributed by atoms with E-state index < -0.39 is 10.0 Å². The minimum absolute atomic E-state index is 0.234. The maximum atomic E-state index is 12.9. The molecule has 0 unspecified atom stereocenters. The molecular formula is C15H19N3O3S2. The Hall–Kier alpha value is -1.22. The Morgan fingerprint density at radius 2 is 2.13 bits per heavy atom. The Morgan fingerprint density at radius 1 is 1.30 bits per heavy atom. The monoisotopic (exact) mass is 353 g/mol. The van der Waals surface area contributed by atoms with Gasteiger partial charge in [-0.25, -0.2) is 8.42 Å². The first-order chi connectivity index (χ1) is 11.1. The van der Waals surface area contributed by atoms with E-state index in [4.69, 9.17) is 4.74 Å². The Balaban J connectivity index is 1.56. The predicted octanol–water partition coefficient (Wildman–Crippen LogP) is 2.04. The minimum atomic E-state index is -3.48. The third-order valence-corrected chi connectivity index (χ3v) is 7.37. The van der Waals surface area contributed by atoms with Crippen LogP contribution in [0, 0.1) is 0 Å². The summed E-state index contributed by atoms with van der Waals surface area (Å²) in [6, 6.07) is 2.25. The normalized spacial score (nSPS) is 20.5. The molecule has 2 aromatic heterocycles. The highest BCUT2D eigenvalue weighted by atomic mass is 32.2. The predicted molar refractivity (Wildman–Crippen MR) is 86.9 cm³/mol. The van der Waals surface area contributed by atoms with Crippen LogP contribution in [0.1, 0.15) is 29.3 Å². The molecule has 0 saturated carbocycles. The average Bonchev–Trinajstić information content (AvgIpc) is 3.24. The fourth-order valence-corrected chi connectivity index (χ4v) is 5.43. The molecule has 8 heteroatoms. The molecule has 0 atom stereocenters. The lowest BCUT2D eigenvalue weighted by Gasteiger charge is -2.25. The van der Waals surface area contributed by atoms with Gasteiger partial charge in [0.25, 0.3) is 0 Å². The Kier molecular flexibility index (Phi) is 4.00. The minimum Gasteiger partial charge on any atom is -0.381 e. The van der Waals surface area contributed by atoms with Crippen molar-refractivity contribution in [1.29, 1.82) is 0 Å². The van der Waals surface area contributed by atoms with Crippen molar-refractivity contribution < 1.29 is 13.2 Å². The maximum Gasteiger partial charge on any atom is 0.246 e. The van der Waals surface area contributed by atoms with E-state index in [1.54, 1.807) is 26.5 Å². The van der Waals surface area contributed by atoms with E-state index >= 15 is 0 Å². The number of thiophene rings is 1. The molecule has 1 saturated heterocycles. The number of ether oxygens (including phenoxy) is 1. The highest BCUT2D eigenvalue weighted by Crippen LogP contribution is 2.29. The third kappa shape index (κ3) is 2.84. The molecule has 2 aliphatic rings. The van der Waals surface area contributed by atoms with Crippen LogP contribution < -0.4 is 0 Å². The highest BCUT2D eigenvalue weighted by Gasteiger charge is 2.30. The molecule has 0 N–H and O–H groups in total. The van der Waals surface area contributed by atoms with Crippen LogP contribution in [-0.4, -0.2) is 42.3 Å². The second kappa shape index (κ2) is 6.01. The number of nitrogens with zero attached hydrogens (tertiary/aromatic N) is 3. The zero-order chi connectivity index (χ0) is 15.9. The van der Waals surface area contributed by atoms with Gasteiger partial charge >= 0.3 is 0 Å². The number of rotatable bonds is 3. The molecule has 2 aliphatic heterocycles. The molecule has 2 aromatic rings. The number of sulfonamides is 1. The second-order valence-electron chi connectivity index (χ2n) is 5.96. The van der Waals surface area contributed by atoms with E-state index in [1.807, 2.05) is 11.4 Å². The summed E-state index contributed by atoms with van der Waals surface area (Å²) in [5, 5.41) is 6.32. The standard InChI is InChI=1S/C15H19N3O3S2/c19-23(20,17-5-1-15-12(10-17)4-8-22-15)14-9-16-18(11-14)13-2-6-21-7-3-13/h4,8-9,11,13H,1-3,5-7,10H2. The molecule has 4 heterocycles. The van der Waals surface area contributed by atoms with E-state index in [-0.39, 0.29) is 6.04 Å². The zero-order valence-corrected chi connectivity index (χ0v) is 14.4. The summed E-state index contributed by atoms with van der Waals surface area (Å²) in [4.78, 5) is 1.59. The quantitative estimate of drug-likeness (QED) is 0.847. The summed E-state index contributed by atoms with van der Waals surface area (Å²) in [5.41, 5.74) is 1.13. The summed E-state index contributed by atoms with van der Waals surface area (Å²) in [6.45, 7) is 2.42. The molecule has 0 amide bonds. The van der Waals surface area contributed by atoms with Crippen molar-refractivity contribution in [3.63, 3.8) is 0 Å². The van der Waals surface area contributed by atoms with Crippen LogP contribution >= 0.6 is 11.3 Å². The molecule has 0 bridgehead atoms. The van der Waals surface area contributed by atoms with Crippen LogP contribution in [0.25, 0.3) is 0 Å². The molecule has 0 aliphatic carbocycles. The lowest BCUT2D eigenvalue weighted by Crippen LogP contribution is -2.35. The van der Waals surface area contributed by atoms with Gasteiger partial charge in [-0.3, -0.25) is 4.68 Å². The second-order valence-corrected chi connectivity index (χ2v) is 8.90. The molecule has 1 fully saturated rings. The topological polar surface area (TPSA) is 64.4 Å². The summed E-state index contributed by atoms with van der Waals surface area (Å²) < 4.78 is 34.4. The number of hydrogen-bond donors (Lipinski definition) is 0. The summed E-state index contributed by atoms with van der Waals surface area (Å²) in [6.07, 6.45) is 5.70. The Bertz CT molecular complexity index is 791. The van der Waals surface area contributed by atoms with Gasteiger partial charge in [-0.2, -0.15) is 9.40 Å². The summed E-state index contributed by atoms with van der Waals surface area (Å²) in [7, 11) is -3.48. The van der Waals surface area contributed by atoms with Crippen molar-refractivity contribution in [2.75, 3.05) is 19.8 Å². The third-order valence-electron chi connectivity index (χ3n) is 4.55. The maximum absolute atomic E-state index is 12.9. The largest absolute Gasteiger partial charge is 0.381 e. The van der Waals surface area contributed by atoms with Gasteiger partial charge in [0, 0.05) is 37.4 Å². The van der Waals surface area contributed by atoms with Gasteiger partial charge in [-0.15, -0.1) is 11.3 Å².